The summed E-state index contributed by atoms with van der Waals surface area (Å²) >= 11 is 11.0. The van der Waals surface area contributed by atoms with Crippen LogP contribution >= 0.6 is 46.9 Å². The van der Waals surface area contributed by atoms with Crippen molar-refractivity contribution in [2.45, 2.75) is 19.3 Å². The number of alkyl halides is 2. The second-order valence-corrected chi connectivity index (χ2v) is 10.6. The quantitative estimate of drug-likeness (QED) is 0.168. The van der Waals surface area contributed by atoms with Gasteiger partial charge in [-0.3, -0.25) is 9.69 Å². The number of aromatic hydroxyl groups is 2. The molecule has 0 spiro atoms. The van der Waals surface area contributed by atoms with E-state index < -0.39 is 0 Å². The highest BCUT2D eigenvalue weighted by Crippen LogP contribution is 2.41. The molecule has 1 aliphatic rings. The zero-order valence-corrected chi connectivity index (χ0v) is 23.9. The Hall–Kier alpha value is -2.48. The zero-order chi connectivity index (χ0) is 26.2. The minimum Gasteiger partial charge on any atom is -0.508 e. The molecule has 0 bridgehead atoms. The number of phenolic OH excluding ortho intramolecular Hbond substituents is 2. The molecule has 0 atom stereocenters. The van der Waals surface area contributed by atoms with Crippen LogP contribution in [0.1, 0.15) is 35.2 Å². The van der Waals surface area contributed by atoms with Gasteiger partial charge in [0.2, 0.25) is 0 Å². The average Bonchev–Trinajstić information content (AvgIpc) is 3.28. The third-order valence-corrected chi connectivity index (χ3v) is 7.47. The van der Waals surface area contributed by atoms with Crippen LogP contribution < -0.4 is 4.74 Å². The molecule has 5 nitrogen and oxygen atoms in total. The lowest BCUT2D eigenvalue weighted by Gasteiger charge is -2.26. The van der Waals surface area contributed by atoms with E-state index in [-0.39, 0.29) is 35.0 Å². The van der Waals surface area contributed by atoms with Gasteiger partial charge in [0.1, 0.15) is 23.9 Å². The van der Waals surface area contributed by atoms with E-state index in [0.29, 0.717) is 17.7 Å². The number of fused-ring (bicyclic) bond motifs is 1. The predicted octanol–water partition coefficient (Wildman–Crippen LogP) is 7.92. The van der Waals surface area contributed by atoms with Gasteiger partial charge < -0.3 is 14.9 Å². The Morgan fingerprint density at radius 1 is 0.895 bits per heavy atom. The molecule has 1 saturated heterocycles. The molecule has 38 heavy (non-hydrogen) atoms. The Morgan fingerprint density at radius 3 is 2.18 bits per heavy atom. The van der Waals surface area contributed by atoms with Crippen molar-refractivity contribution in [3.63, 3.8) is 0 Å². The van der Waals surface area contributed by atoms with Crippen LogP contribution in [0.25, 0.3) is 20.5 Å². The molecule has 1 aromatic heterocycles. The molecule has 0 radical (unpaired) electrons. The molecule has 1 aliphatic heterocycles. The number of hydrogen-bond donors (Lipinski definition) is 2. The van der Waals surface area contributed by atoms with Crippen LogP contribution in [0.15, 0.2) is 66.7 Å². The monoisotopic (exact) mass is 593 g/mol. The number of rotatable bonds is 7. The maximum atomic E-state index is 13.6. The molecule has 5 rings (SSSR count). The van der Waals surface area contributed by atoms with Crippen LogP contribution in [0.4, 0.5) is 0 Å². The molecule has 2 N–H and O–H groups in total. The van der Waals surface area contributed by atoms with Crippen LogP contribution in [0.5, 0.6) is 17.2 Å². The van der Waals surface area contributed by atoms with E-state index >= 15 is 0 Å². The Bertz CT molecular complexity index is 1320. The number of hydrogen-bond acceptors (Lipinski definition) is 6. The van der Waals surface area contributed by atoms with Gasteiger partial charge in [0.25, 0.3) is 0 Å². The summed E-state index contributed by atoms with van der Waals surface area (Å²) in [5.41, 5.74) is 2.03. The van der Waals surface area contributed by atoms with Crippen molar-refractivity contribution in [1.82, 2.24) is 4.90 Å². The third kappa shape index (κ3) is 7.55. The minimum atomic E-state index is -0.0834. The highest BCUT2D eigenvalue weighted by atomic mass is 35.5. The summed E-state index contributed by atoms with van der Waals surface area (Å²) in [6, 6.07) is 19.2. The molecule has 0 unspecified atom stereocenters. The van der Waals surface area contributed by atoms with Crippen molar-refractivity contribution in [3.05, 3.63) is 77.9 Å². The molecule has 0 saturated carbocycles. The van der Waals surface area contributed by atoms with Crippen LogP contribution in [-0.2, 0) is 0 Å². The first-order chi connectivity index (χ1) is 18.0. The Morgan fingerprint density at radius 2 is 1.53 bits per heavy atom. The van der Waals surface area contributed by atoms with Crippen molar-refractivity contribution in [2.75, 3.05) is 31.6 Å². The van der Waals surface area contributed by atoms with Crippen LogP contribution in [0, 0.1) is 0 Å². The number of benzene rings is 3. The van der Waals surface area contributed by atoms with Gasteiger partial charge in [-0.15, -0.1) is 46.9 Å². The standard InChI is InChI=1S/C28H27NO4S.CH2Cl2.ClH/c30-21-8-4-20(5-9-21)28-26(24-13-10-22(31)18-25(24)34-28)27(32)19-6-11-23(12-7-19)33-17-16-29-14-2-1-3-15-29;2-1-3;/h4-13,18,30-31H,1-3,14-17H2;1H2;1H. The fraction of sp³-hybridized carbons (Fsp3) is 0.276. The van der Waals surface area contributed by atoms with Crippen molar-refractivity contribution in [3.8, 4) is 27.7 Å². The Kier molecular flexibility index (Phi) is 11.6. The summed E-state index contributed by atoms with van der Waals surface area (Å²) in [6.07, 6.45) is 3.85. The average molecular weight is 595 g/mol. The topological polar surface area (TPSA) is 70.0 Å². The normalized spacial score (nSPS) is 13.3. The van der Waals surface area contributed by atoms with Gasteiger partial charge in [-0.2, -0.15) is 0 Å². The molecule has 9 heteroatoms. The van der Waals surface area contributed by atoms with Crippen LogP contribution in [0.3, 0.4) is 0 Å². The molecule has 2 heterocycles. The van der Waals surface area contributed by atoms with Gasteiger partial charge in [0.05, 0.1) is 5.34 Å². The Labute approximate surface area is 243 Å². The maximum Gasteiger partial charge on any atom is 0.195 e. The van der Waals surface area contributed by atoms with Crippen LogP contribution in [0.2, 0.25) is 0 Å². The number of piperidine rings is 1. The number of likely N-dealkylation sites (tertiary alicyclic amines) is 1. The smallest absolute Gasteiger partial charge is 0.195 e. The number of carbonyl (C=O) groups is 1. The van der Waals surface area contributed by atoms with Gasteiger partial charge in [-0.25, -0.2) is 0 Å². The third-order valence-electron chi connectivity index (χ3n) is 6.27. The second kappa shape index (κ2) is 14.6. The zero-order valence-electron chi connectivity index (χ0n) is 20.7. The first-order valence-corrected chi connectivity index (χ1v) is 14.1. The van der Waals surface area contributed by atoms with Crippen molar-refractivity contribution in [1.29, 1.82) is 0 Å². The number of ether oxygens (including phenoxy) is 1. The fourth-order valence-electron chi connectivity index (χ4n) is 4.45. The summed E-state index contributed by atoms with van der Waals surface area (Å²) in [7, 11) is 0. The lowest BCUT2D eigenvalue weighted by molar-refractivity contribution is 0.104. The van der Waals surface area contributed by atoms with Crippen LogP contribution in [-0.4, -0.2) is 52.5 Å². The number of halogens is 3. The first kappa shape index (κ1) is 30.1. The first-order valence-electron chi connectivity index (χ1n) is 12.2. The van der Waals surface area contributed by atoms with E-state index in [1.165, 1.54) is 30.6 Å². The lowest BCUT2D eigenvalue weighted by Crippen LogP contribution is -2.33. The van der Waals surface area contributed by atoms with E-state index in [1.54, 1.807) is 42.5 Å². The maximum absolute atomic E-state index is 13.6. The van der Waals surface area contributed by atoms with Gasteiger partial charge in [0, 0.05) is 32.6 Å². The Balaban J connectivity index is 0.000000956. The largest absolute Gasteiger partial charge is 0.508 e. The van der Waals surface area contributed by atoms with E-state index in [2.05, 4.69) is 4.90 Å². The van der Waals surface area contributed by atoms with Gasteiger partial charge >= 0.3 is 0 Å². The molecule has 4 aromatic rings. The molecule has 202 valence electrons. The highest BCUT2D eigenvalue weighted by Gasteiger charge is 2.22. The second-order valence-electron chi connectivity index (χ2n) is 8.74. The summed E-state index contributed by atoms with van der Waals surface area (Å²) in [5, 5.41) is 20.6. The van der Waals surface area contributed by atoms with Gasteiger partial charge in [-0.05, 0) is 98.2 Å². The summed E-state index contributed by atoms with van der Waals surface area (Å²) in [4.78, 5) is 16.9. The van der Waals surface area contributed by atoms with E-state index in [9.17, 15) is 15.0 Å². The molecular formula is C29H30Cl3NO4S. The van der Waals surface area contributed by atoms with Crippen molar-refractivity contribution >= 4 is 62.8 Å². The molecule has 3 aromatic carbocycles. The molecule has 0 aliphatic carbocycles. The van der Waals surface area contributed by atoms with E-state index in [1.807, 2.05) is 24.3 Å². The molecule has 1 fully saturated rings. The van der Waals surface area contributed by atoms with E-state index in [4.69, 9.17) is 27.9 Å². The predicted molar refractivity (Wildman–Crippen MR) is 160 cm³/mol. The van der Waals surface area contributed by atoms with Gasteiger partial charge in [0.15, 0.2) is 5.78 Å². The number of carbonyl (C=O) groups excluding carboxylic acids is 1. The SMILES string of the molecule is Cl.ClCCl.O=C(c1ccc(OCCN2CCCCC2)cc1)c1c(-c2ccc(O)cc2)sc2cc(O)ccc12. The number of nitrogens with zero attached hydrogens (tertiary/aromatic N) is 1. The molecule has 0 amide bonds. The highest BCUT2D eigenvalue weighted by molar-refractivity contribution is 7.22. The fourth-order valence-corrected chi connectivity index (χ4v) is 5.69. The van der Waals surface area contributed by atoms with Crippen molar-refractivity contribution < 1.29 is 19.7 Å². The van der Waals surface area contributed by atoms with Crippen molar-refractivity contribution in [2.24, 2.45) is 0 Å². The summed E-state index contributed by atoms with van der Waals surface area (Å²) < 4.78 is 6.76. The summed E-state index contributed by atoms with van der Waals surface area (Å²) in [5.74, 6) is 1.01. The van der Waals surface area contributed by atoms with Gasteiger partial charge in [-0.1, -0.05) is 6.42 Å². The molecular weight excluding hydrogens is 565 g/mol. The van der Waals surface area contributed by atoms with E-state index in [0.717, 1.165) is 45.9 Å². The summed E-state index contributed by atoms with van der Waals surface area (Å²) in [6.45, 7) is 3.85. The number of ketones is 1. The number of thiophene rings is 1. The lowest BCUT2D eigenvalue weighted by atomic mass is 9.97. The number of phenols is 2. The minimum absolute atomic E-state index is 0.